The molecule has 1 aliphatic carbocycles. The first-order valence-electron chi connectivity index (χ1n) is 7.64. The van der Waals surface area contributed by atoms with Gasteiger partial charge in [0.1, 0.15) is 5.69 Å². The highest BCUT2D eigenvalue weighted by Crippen LogP contribution is 2.31. The van der Waals surface area contributed by atoms with Gasteiger partial charge in [0.25, 0.3) is 5.56 Å². The summed E-state index contributed by atoms with van der Waals surface area (Å²) >= 11 is 0. The molecule has 1 atom stereocenters. The molecule has 0 aliphatic heterocycles. The van der Waals surface area contributed by atoms with Gasteiger partial charge < -0.3 is 15.0 Å². The number of amides is 1. The summed E-state index contributed by atoms with van der Waals surface area (Å²) in [6, 6.07) is 1.32. The van der Waals surface area contributed by atoms with Gasteiger partial charge in [0.15, 0.2) is 0 Å². The van der Waals surface area contributed by atoms with Crippen LogP contribution in [0, 0.1) is 0 Å². The van der Waals surface area contributed by atoms with Crippen molar-refractivity contribution in [3.8, 4) is 0 Å². The van der Waals surface area contributed by atoms with Crippen LogP contribution in [0.1, 0.15) is 40.4 Å². The number of hydrogen-bond acceptors (Lipinski definition) is 5. The van der Waals surface area contributed by atoms with E-state index in [0.717, 1.165) is 24.1 Å². The summed E-state index contributed by atoms with van der Waals surface area (Å²) in [7, 11) is 3.06. The molecule has 126 valence electrons. The number of nitrogens with zero attached hydrogens (tertiary/aromatic N) is 2. The molecule has 1 unspecified atom stereocenters. The van der Waals surface area contributed by atoms with Gasteiger partial charge in [-0.3, -0.25) is 14.3 Å². The molecule has 8 nitrogen and oxygen atoms in total. The minimum absolute atomic E-state index is 0.0268. The first-order chi connectivity index (χ1) is 11.5. The molecule has 1 amide bonds. The van der Waals surface area contributed by atoms with Crippen LogP contribution < -0.4 is 10.9 Å². The highest BCUT2D eigenvalue weighted by Gasteiger charge is 2.29. The Morgan fingerprint density at radius 1 is 1.46 bits per heavy atom. The summed E-state index contributed by atoms with van der Waals surface area (Å²) in [5, 5.41) is 6.99. The van der Waals surface area contributed by atoms with Crippen LogP contribution in [0.5, 0.6) is 0 Å². The van der Waals surface area contributed by atoms with Gasteiger partial charge in [-0.25, -0.2) is 4.79 Å². The number of carbonyl (C=O) groups excluding carboxylic acids is 2. The highest BCUT2D eigenvalue weighted by molar-refractivity contribution is 5.97. The van der Waals surface area contributed by atoms with Crippen molar-refractivity contribution in [2.75, 3.05) is 12.4 Å². The van der Waals surface area contributed by atoms with E-state index in [2.05, 4.69) is 20.1 Å². The predicted octanol–water partition coefficient (Wildman–Crippen LogP) is 0.954. The fourth-order valence-corrected chi connectivity index (χ4v) is 2.97. The summed E-state index contributed by atoms with van der Waals surface area (Å²) in [5.74, 6) is -1.23. The Kier molecular flexibility index (Phi) is 4.20. The van der Waals surface area contributed by atoms with E-state index in [0.29, 0.717) is 6.42 Å². The van der Waals surface area contributed by atoms with Gasteiger partial charge in [-0.05, 0) is 25.3 Å². The zero-order valence-electron chi connectivity index (χ0n) is 13.5. The molecular formula is C16H18N4O4. The number of hydrogen-bond donors (Lipinski definition) is 2. The number of ether oxygens (including phenoxy) is 1. The highest BCUT2D eigenvalue weighted by atomic mass is 16.5. The second-order valence-corrected chi connectivity index (χ2v) is 5.76. The fraction of sp³-hybridized carbons (Fsp3) is 0.375. The number of aromatic amines is 1. The molecule has 0 bridgehead atoms. The van der Waals surface area contributed by atoms with Crippen molar-refractivity contribution >= 4 is 17.6 Å². The van der Waals surface area contributed by atoms with Crippen LogP contribution in [-0.2, 0) is 23.0 Å². The Morgan fingerprint density at radius 2 is 2.25 bits per heavy atom. The van der Waals surface area contributed by atoms with E-state index in [-0.39, 0.29) is 23.1 Å². The van der Waals surface area contributed by atoms with E-state index in [1.54, 1.807) is 4.68 Å². The number of nitrogens with one attached hydrogen (secondary N) is 2. The van der Waals surface area contributed by atoms with Gasteiger partial charge in [-0.1, -0.05) is 0 Å². The van der Waals surface area contributed by atoms with Crippen molar-refractivity contribution in [3.63, 3.8) is 0 Å². The van der Waals surface area contributed by atoms with Crippen molar-refractivity contribution in [1.29, 1.82) is 0 Å². The number of carbonyl (C=O) groups is 2. The Balaban J connectivity index is 1.86. The van der Waals surface area contributed by atoms with Crippen molar-refractivity contribution in [1.82, 2.24) is 14.8 Å². The van der Waals surface area contributed by atoms with Crippen molar-refractivity contribution in [2.24, 2.45) is 7.05 Å². The van der Waals surface area contributed by atoms with E-state index < -0.39 is 11.5 Å². The average molecular weight is 330 g/mol. The standard InChI is InChI=1S/C16H18N4O4/c1-20-8-11-10(4-3-5-12(11)19-20)14(21)18-13-6-9(16(23)24-2)7-17-15(13)22/h6-8,10H,3-5H2,1-2H3,(H,17,22)(H,18,21). The van der Waals surface area contributed by atoms with E-state index in [4.69, 9.17) is 0 Å². The molecule has 1 aliphatic rings. The number of fused-ring (bicyclic) bond motifs is 1. The normalized spacial score (nSPS) is 16.3. The van der Waals surface area contributed by atoms with Crippen molar-refractivity contribution in [2.45, 2.75) is 25.2 Å². The van der Waals surface area contributed by atoms with E-state index >= 15 is 0 Å². The quantitative estimate of drug-likeness (QED) is 0.815. The number of methoxy groups -OCH3 is 1. The van der Waals surface area contributed by atoms with E-state index in [9.17, 15) is 14.4 Å². The Hall–Kier alpha value is -2.90. The molecule has 0 radical (unpaired) electrons. The summed E-state index contributed by atoms with van der Waals surface area (Å²) in [6.45, 7) is 0. The molecule has 0 aromatic carbocycles. The zero-order valence-corrected chi connectivity index (χ0v) is 13.5. The summed E-state index contributed by atoms with van der Waals surface area (Å²) in [5.41, 5.74) is 1.53. The summed E-state index contributed by atoms with van der Waals surface area (Å²) in [6.07, 6.45) is 5.50. The summed E-state index contributed by atoms with van der Waals surface area (Å²) < 4.78 is 6.31. The average Bonchev–Trinajstić information content (AvgIpc) is 2.96. The predicted molar refractivity (Wildman–Crippen MR) is 85.9 cm³/mol. The van der Waals surface area contributed by atoms with E-state index in [1.165, 1.54) is 19.4 Å². The lowest BCUT2D eigenvalue weighted by molar-refractivity contribution is -0.117. The first-order valence-corrected chi connectivity index (χ1v) is 7.64. The SMILES string of the molecule is COC(=O)c1c[nH]c(=O)c(NC(=O)C2CCCc3nn(C)cc32)c1. The summed E-state index contributed by atoms with van der Waals surface area (Å²) in [4.78, 5) is 38.5. The maximum atomic E-state index is 12.6. The van der Waals surface area contributed by atoms with Gasteiger partial charge in [0.05, 0.1) is 24.3 Å². The van der Waals surface area contributed by atoms with Crippen LogP contribution in [0.2, 0.25) is 0 Å². The number of anilines is 1. The second kappa shape index (κ2) is 6.31. The second-order valence-electron chi connectivity index (χ2n) is 5.76. The molecule has 0 saturated heterocycles. The van der Waals surface area contributed by atoms with Crippen LogP contribution in [0.4, 0.5) is 5.69 Å². The molecule has 3 rings (SSSR count). The van der Waals surface area contributed by atoms with Crippen LogP contribution in [0.3, 0.4) is 0 Å². The minimum atomic E-state index is -0.589. The number of rotatable bonds is 3. The fourth-order valence-electron chi connectivity index (χ4n) is 2.97. The topological polar surface area (TPSA) is 106 Å². The van der Waals surface area contributed by atoms with Crippen molar-refractivity contribution < 1.29 is 14.3 Å². The molecule has 0 spiro atoms. The Morgan fingerprint density at radius 3 is 3.00 bits per heavy atom. The maximum absolute atomic E-state index is 12.6. The monoisotopic (exact) mass is 330 g/mol. The van der Waals surface area contributed by atoms with Gasteiger partial charge in [-0.2, -0.15) is 5.10 Å². The molecule has 2 aromatic rings. The zero-order chi connectivity index (χ0) is 17.3. The molecule has 2 N–H and O–H groups in total. The molecule has 8 heteroatoms. The Bertz CT molecular complexity index is 852. The van der Waals surface area contributed by atoms with Gasteiger partial charge >= 0.3 is 5.97 Å². The number of esters is 1. The lowest BCUT2D eigenvalue weighted by atomic mass is 9.86. The molecule has 0 fully saturated rings. The van der Waals surface area contributed by atoms with Crippen LogP contribution in [0.15, 0.2) is 23.3 Å². The van der Waals surface area contributed by atoms with Gasteiger partial charge in [0.2, 0.25) is 5.91 Å². The van der Waals surface area contributed by atoms with Crippen LogP contribution >= 0.6 is 0 Å². The number of H-pyrrole nitrogens is 1. The lowest BCUT2D eigenvalue weighted by Crippen LogP contribution is -2.27. The van der Waals surface area contributed by atoms with Crippen LogP contribution in [-0.4, -0.2) is 33.8 Å². The third kappa shape index (κ3) is 2.94. The molecular weight excluding hydrogens is 312 g/mol. The van der Waals surface area contributed by atoms with Gasteiger partial charge in [0, 0.05) is 25.0 Å². The number of aryl methyl sites for hydroxylation is 2. The van der Waals surface area contributed by atoms with E-state index in [1.807, 2.05) is 13.2 Å². The van der Waals surface area contributed by atoms with Crippen LogP contribution in [0.25, 0.3) is 0 Å². The number of aromatic nitrogens is 3. The molecule has 24 heavy (non-hydrogen) atoms. The smallest absolute Gasteiger partial charge is 0.339 e. The van der Waals surface area contributed by atoms with Gasteiger partial charge in [-0.15, -0.1) is 0 Å². The molecule has 2 heterocycles. The number of pyridine rings is 1. The Labute approximate surface area is 137 Å². The molecule has 0 saturated carbocycles. The third-order valence-corrected chi connectivity index (χ3v) is 4.12. The minimum Gasteiger partial charge on any atom is -0.465 e. The first kappa shape index (κ1) is 16.0. The van der Waals surface area contributed by atoms with Crippen molar-refractivity contribution in [3.05, 3.63) is 45.6 Å². The lowest BCUT2D eigenvalue weighted by Gasteiger charge is -2.20. The maximum Gasteiger partial charge on any atom is 0.339 e. The third-order valence-electron chi connectivity index (χ3n) is 4.12. The molecule has 2 aromatic heterocycles. The largest absolute Gasteiger partial charge is 0.465 e.